The highest BCUT2D eigenvalue weighted by Crippen LogP contribution is 2.34. The zero-order valence-corrected chi connectivity index (χ0v) is 13.1. The summed E-state index contributed by atoms with van der Waals surface area (Å²) < 4.78 is 34.6. The Balaban J connectivity index is 2.16. The first-order chi connectivity index (χ1) is 10.5. The Kier molecular flexibility index (Phi) is 6.05. The molecular weight excluding hydrogens is 339 g/mol. The number of guanidine groups is 1. The lowest BCUT2D eigenvalue weighted by Crippen LogP contribution is -2.44. The van der Waals surface area contributed by atoms with Gasteiger partial charge in [0.25, 0.3) is 0 Å². The van der Waals surface area contributed by atoms with Crippen LogP contribution in [0.3, 0.4) is 0 Å². The van der Waals surface area contributed by atoms with Gasteiger partial charge in [-0.15, -0.1) is 0 Å². The van der Waals surface area contributed by atoms with E-state index in [-0.39, 0.29) is 17.3 Å². The van der Waals surface area contributed by atoms with Gasteiger partial charge in [0.2, 0.25) is 0 Å². The van der Waals surface area contributed by atoms with Gasteiger partial charge in [-0.3, -0.25) is 0 Å². The van der Waals surface area contributed by atoms with Gasteiger partial charge >= 0.3 is 6.61 Å². The van der Waals surface area contributed by atoms with E-state index in [2.05, 4.69) is 9.73 Å². The lowest BCUT2D eigenvalue weighted by atomic mass is 10.2. The second-order valence-corrected chi connectivity index (χ2v) is 5.37. The van der Waals surface area contributed by atoms with Crippen molar-refractivity contribution in [3.63, 3.8) is 0 Å². The largest absolute Gasteiger partial charge is 0.433 e. The minimum absolute atomic E-state index is 0.00273. The summed E-state index contributed by atoms with van der Waals surface area (Å²) in [5.74, 6) is 0.169. The Morgan fingerprint density at radius 1 is 1.36 bits per heavy atom. The van der Waals surface area contributed by atoms with Crippen molar-refractivity contribution in [2.24, 2.45) is 10.7 Å². The summed E-state index contributed by atoms with van der Waals surface area (Å²) in [7, 11) is 0. The fourth-order valence-electron chi connectivity index (χ4n) is 2.01. The molecule has 5 nitrogen and oxygen atoms in total. The summed E-state index contributed by atoms with van der Waals surface area (Å²) >= 11 is 11.8. The third-order valence-electron chi connectivity index (χ3n) is 3.04. The van der Waals surface area contributed by atoms with Gasteiger partial charge in [0.15, 0.2) is 5.96 Å². The quantitative estimate of drug-likeness (QED) is 0.667. The van der Waals surface area contributed by atoms with Crippen LogP contribution in [-0.2, 0) is 11.3 Å². The van der Waals surface area contributed by atoms with Crippen LogP contribution in [-0.4, -0.2) is 43.8 Å². The zero-order chi connectivity index (χ0) is 16.1. The first-order valence-electron chi connectivity index (χ1n) is 6.52. The third-order valence-corrected chi connectivity index (χ3v) is 3.54. The maximum Gasteiger partial charge on any atom is 0.387 e. The van der Waals surface area contributed by atoms with Crippen LogP contribution in [0, 0.1) is 0 Å². The van der Waals surface area contributed by atoms with E-state index in [0.29, 0.717) is 42.8 Å². The van der Waals surface area contributed by atoms with E-state index >= 15 is 0 Å². The molecule has 1 saturated heterocycles. The summed E-state index contributed by atoms with van der Waals surface area (Å²) in [4.78, 5) is 6.04. The fourth-order valence-corrected chi connectivity index (χ4v) is 2.59. The molecule has 1 aromatic carbocycles. The van der Waals surface area contributed by atoms with Crippen LogP contribution >= 0.6 is 23.2 Å². The van der Waals surface area contributed by atoms with Crippen molar-refractivity contribution in [3.8, 4) is 5.75 Å². The van der Waals surface area contributed by atoms with Crippen molar-refractivity contribution in [2.75, 3.05) is 26.3 Å². The van der Waals surface area contributed by atoms with E-state index in [0.717, 1.165) is 0 Å². The predicted octanol–water partition coefficient (Wildman–Crippen LogP) is 2.74. The molecule has 22 heavy (non-hydrogen) atoms. The number of aliphatic imine (C=N–C) groups is 1. The lowest BCUT2D eigenvalue weighted by Gasteiger charge is -2.27. The molecule has 1 heterocycles. The molecule has 9 heteroatoms. The molecule has 0 aromatic heterocycles. The van der Waals surface area contributed by atoms with E-state index in [1.807, 2.05) is 4.90 Å². The van der Waals surface area contributed by atoms with E-state index < -0.39 is 6.61 Å². The molecule has 1 aromatic rings. The highest BCUT2D eigenvalue weighted by molar-refractivity contribution is 6.35. The molecular formula is C13H15Cl2F2N3O2. The SMILES string of the molecule is NC(=NCc1cc(Cl)cc(Cl)c1OC(F)F)N1CCOCC1. The smallest absolute Gasteiger partial charge is 0.387 e. The van der Waals surface area contributed by atoms with Crippen molar-refractivity contribution in [1.82, 2.24) is 4.90 Å². The maximum atomic E-state index is 12.5. The third kappa shape index (κ3) is 4.59. The normalized spacial score (nSPS) is 16.2. The summed E-state index contributed by atoms with van der Waals surface area (Å²) in [6.07, 6.45) is 0. The number of nitrogens with two attached hydrogens (primary N) is 1. The molecule has 0 bridgehead atoms. The number of morpholine rings is 1. The Bertz CT molecular complexity index is 552. The summed E-state index contributed by atoms with van der Waals surface area (Å²) in [6, 6.07) is 2.81. The van der Waals surface area contributed by atoms with Crippen molar-refractivity contribution in [1.29, 1.82) is 0 Å². The molecule has 1 aliphatic heterocycles. The highest BCUT2D eigenvalue weighted by atomic mass is 35.5. The van der Waals surface area contributed by atoms with Crippen LogP contribution < -0.4 is 10.5 Å². The van der Waals surface area contributed by atoms with Gasteiger partial charge in [-0.25, -0.2) is 4.99 Å². The molecule has 1 fully saturated rings. The molecule has 0 saturated carbocycles. The van der Waals surface area contributed by atoms with Crippen molar-refractivity contribution < 1.29 is 18.3 Å². The van der Waals surface area contributed by atoms with E-state index in [1.54, 1.807) is 0 Å². The summed E-state index contributed by atoms with van der Waals surface area (Å²) in [5.41, 5.74) is 6.23. The average molecular weight is 354 g/mol. The second kappa shape index (κ2) is 7.80. The van der Waals surface area contributed by atoms with Crippen molar-refractivity contribution in [2.45, 2.75) is 13.2 Å². The standard InChI is InChI=1S/C13H15Cl2F2N3O2/c14-9-5-8(11(10(15)6-9)22-12(16)17)7-19-13(18)20-1-3-21-4-2-20/h5-6,12H,1-4,7H2,(H2,18,19). The minimum atomic E-state index is -2.99. The molecule has 0 spiro atoms. The molecule has 0 radical (unpaired) electrons. The van der Waals surface area contributed by atoms with Crippen LogP contribution in [0.15, 0.2) is 17.1 Å². The molecule has 0 aliphatic carbocycles. The van der Waals surface area contributed by atoms with Gasteiger partial charge in [-0.1, -0.05) is 23.2 Å². The molecule has 0 atom stereocenters. The number of benzene rings is 1. The van der Waals surface area contributed by atoms with Crippen LogP contribution in [0.5, 0.6) is 5.75 Å². The number of nitrogens with zero attached hydrogens (tertiary/aromatic N) is 2. The van der Waals surface area contributed by atoms with Gasteiger partial charge in [-0.2, -0.15) is 8.78 Å². The van der Waals surface area contributed by atoms with Crippen LogP contribution in [0.4, 0.5) is 8.78 Å². The van der Waals surface area contributed by atoms with Gasteiger partial charge in [0.05, 0.1) is 24.8 Å². The predicted molar refractivity (Wildman–Crippen MR) is 80.8 cm³/mol. The van der Waals surface area contributed by atoms with Gasteiger partial charge in [0.1, 0.15) is 5.75 Å². The van der Waals surface area contributed by atoms with E-state index in [1.165, 1.54) is 12.1 Å². The van der Waals surface area contributed by atoms with Crippen LogP contribution in [0.2, 0.25) is 10.0 Å². The second-order valence-electron chi connectivity index (χ2n) is 4.53. The molecule has 0 unspecified atom stereocenters. The monoisotopic (exact) mass is 353 g/mol. The minimum Gasteiger partial charge on any atom is -0.433 e. The highest BCUT2D eigenvalue weighted by Gasteiger charge is 2.16. The van der Waals surface area contributed by atoms with Crippen LogP contribution in [0.25, 0.3) is 0 Å². The van der Waals surface area contributed by atoms with Crippen LogP contribution in [0.1, 0.15) is 5.56 Å². The van der Waals surface area contributed by atoms with E-state index in [9.17, 15) is 8.78 Å². The number of alkyl halides is 2. The Labute approximate surface area is 136 Å². The first kappa shape index (κ1) is 17.1. The summed E-state index contributed by atoms with van der Waals surface area (Å²) in [5, 5.41) is 0.310. The molecule has 2 N–H and O–H groups in total. The Morgan fingerprint density at radius 3 is 2.68 bits per heavy atom. The fraction of sp³-hybridized carbons (Fsp3) is 0.462. The maximum absolute atomic E-state index is 12.5. The lowest BCUT2D eigenvalue weighted by molar-refractivity contribution is -0.0503. The molecule has 2 rings (SSSR count). The molecule has 1 aliphatic rings. The average Bonchev–Trinajstić information content (AvgIpc) is 2.48. The molecule has 122 valence electrons. The zero-order valence-electron chi connectivity index (χ0n) is 11.6. The van der Waals surface area contributed by atoms with Crippen molar-refractivity contribution >= 4 is 29.2 Å². The number of rotatable bonds is 4. The first-order valence-corrected chi connectivity index (χ1v) is 7.28. The molecule has 0 amide bonds. The Morgan fingerprint density at radius 2 is 2.05 bits per heavy atom. The Hall–Kier alpha value is -1.31. The van der Waals surface area contributed by atoms with E-state index in [4.69, 9.17) is 33.7 Å². The van der Waals surface area contributed by atoms with Crippen molar-refractivity contribution in [3.05, 3.63) is 27.7 Å². The van der Waals surface area contributed by atoms with Gasteiger partial charge in [-0.05, 0) is 12.1 Å². The van der Waals surface area contributed by atoms with Gasteiger partial charge < -0.3 is 20.1 Å². The van der Waals surface area contributed by atoms with Gasteiger partial charge in [0, 0.05) is 23.7 Å². The number of hydrogen-bond acceptors (Lipinski definition) is 3. The summed E-state index contributed by atoms with van der Waals surface area (Å²) in [6.45, 7) is -0.556. The number of hydrogen-bond donors (Lipinski definition) is 1. The topological polar surface area (TPSA) is 60.1 Å². The number of halogens is 4. The number of ether oxygens (including phenoxy) is 2.